The maximum Gasteiger partial charge on any atom is 0.251 e. The fourth-order valence-corrected chi connectivity index (χ4v) is 3.02. The van der Waals surface area contributed by atoms with E-state index in [2.05, 4.69) is 15.3 Å². The zero-order chi connectivity index (χ0) is 18.5. The maximum absolute atomic E-state index is 12.6. The second kappa shape index (κ2) is 7.95. The third-order valence-electron chi connectivity index (χ3n) is 4.27. The number of ether oxygens (including phenoxy) is 1. The molecule has 0 aliphatic carbocycles. The Kier molecular flexibility index (Phi) is 5.46. The van der Waals surface area contributed by atoms with Crippen LogP contribution < -0.4 is 10.1 Å². The molecule has 7 heteroatoms. The van der Waals surface area contributed by atoms with Gasteiger partial charge in [-0.2, -0.15) is 4.98 Å². The predicted octanol–water partition coefficient (Wildman–Crippen LogP) is 1.89. The fourth-order valence-electron chi connectivity index (χ4n) is 3.02. The van der Waals surface area contributed by atoms with Crippen LogP contribution in [0.3, 0.4) is 0 Å². The highest BCUT2D eigenvalue weighted by Crippen LogP contribution is 2.19. The second-order valence-electron chi connectivity index (χ2n) is 6.22. The van der Waals surface area contributed by atoms with Crippen LogP contribution in [0.5, 0.6) is 5.88 Å². The van der Waals surface area contributed by atoms with E-state index in [-0.39, 0.29) is 17.9 Å². The second-order valence-corrected chi connectivity index (χ2v) is 6.22. The Balaban J connectivity index is 1.72. The van der Waals surface area contributed by atoms with E-state index < -0.39 is 0 Å². The standard InChI is InChI=1S/C19H22N4O3/c1-3-9-23-12-15(11-17(23)24)21-19(25)14-6-4-5-13(10-14)18-20-8-7-16(22-18)26-2/h4-8,10,15H,3,9,11-12H2,1-2H3,(H,21,25)/t15-/m1/s1. The zero-order valence-electron chi connectivity index (χ0n) is 14.9. The van der Waals surface area contributed by atoms with Gasteiger partial charge < -0.3 is 15.0 Å². The summed E-state index contributed by atoms with van der Waals surface area (Å²) in [7, 11) is 1.54. The number of likely N-dealkylation sites (tertiary alicyclic amines) is 1. The lowest BCUT2D eigenvalue weighted by Gasteiger charge is -2.16. The lowest BCUT2D eigenvalue weighted by molar-refractivity contribution is -0.127. The van der Waals surface area contributed by atoms with Crippen molar-refractivity contribution < 1.29 is 14.3 Å². The molecule has 3 rings (SSSR count). The molecule has 0 unspecified atom stereocenters. The van der Waals surface area contributed by atoms with Crippen LogP contribution in [0.2, 0.25) is 0 Å². The Bertz CT molecular complexity index is 809. The van der Waals surface area contributed by atoms with Crippen LogP contribution in [0, 0.1) is 0 Å². The van der Waals surface area contributed by atoms with E-state index in [1.165, 1.54) is 0 Å². The van der Waals surface area contributed by atoms with Crippen LogP contribution in [0.25, 0.3) is 11.4 Å². The number of hydrogen-bond acceptors (Lipinski definition) is 5. The summed E-state index contributed by atoms with van der Waals surface area (Å²) in [6, 6.07) is 8.62. The van der Waals surface area contributed by atoms with Crippen LogP contribution in [0.4, 0.5) is 0 Å². The number of benzene rings is 1. The van der Waals surface area contributed by atoms with Crippen molar-refractivity contribution in [3.05, 3.63) is 42.1 Å². The number of methoxy groups -OCH3 is 1. The highest BCUT2D eigenvalue weighted by atomic mass is 16.5. The first-order chi connectivity index (χ1) is 12.6. The SMILES string of the molecule is CCCN1C[C@H](NC(=O)c2cccc(-c3nccc(OC)n3)c2)CC1=O. The Morgan fingerprint density at radius 1 is 1.38 bits per heavy atom. The van der Waals surface area contributed by atoms with Gasteiger partial charge in [-0.15, -0.1) is 0 Å². The average Bonchev–Trinajstić information content (AvgIpc) is 3.01. The van der Waals surface area contributed by atoms with Crippen molar-refractivity contribution >= 4 is 11.8 Å². The molecule has 0 saturated carbocycles. The van der Waals surface area contributed by atoms with Crippen LogP contribution in [0.15, 0.2) is 36.5 Å². The van der Waals surface area contributed by atoms with Crippen molar-refractivity contribution in [2.24, 2.45) is 0 Å². The van der Waals surface area contributed by atoms with Crippen molar-refractivity contribution in [3.8, 4) is 17.3 Å². The average molecular weight is 354 g/mol. The van der Waals surface area contributed by atoms with Crippen molar-refractivity contribution in [1.82, 2.24) is 20.2 Å². The number of nitrogens with one attached hydrogen (secondary N) is 1. The topological polar surface area (TPSA) is 84.4 Å². The van der Waals surface area contributed by atoms with Crippen LogP contribution >= 0.6 is 0 Å². The first kappa shape index (κ1) is 17.8. The summed E-state index contributed by atoms with van der Waals surface area (Å²) >= 11 is 0. The number of aromatic nitrogens is 2. The molecular formula is C19H22N4O3. The van der Waals surface area contributed by atoms with Crippen LogP contribution in [0.1, 0.15) is 30.1 Å². The summed E-state index contributed by atoms with van der Waals surface area (Å²) in [6.45, 7) is 3.33. The van der Waals surface area contributed by atoms with E-state index in [4.69, 9.17) is 4.74 Å². The minimum Gasteiger partial charge on any atom is -0.481 e. The van der Waals surface area contributed by atoms with Crippen molar-refractivity contribution in [2.45, 2.75) is 25.8 Å². The molecule has 0 radical (unpaired) electrons. The number of amides is 2. The summed E-state index contributed by atoms with van der Waals surface area (Å²) in [5.41, 5.74) is 1.24. The molecule has 2 amide bonds. The molecule has 1 saturated heterocycles. The number of nitrogens with zero attached hydrogens (tertiary/aromatic N) is 3. The minimum absolute atomic E-state index is 0.0932. The van der Waals surface area contributed by atoms with Gasteiger partial charge in [-0.1, -0.05) is 19.1 Å². The molecule has 1 aliphatic rings. The van der Waals surface area contributed by atoms with Gasteiger partial charge in [0, 0.05) is 42.9 Å². The molecular weight excluding hydrogens is 332 g/mol. The number of carbonyl (C=O) groups excluding carboxylic acids is 2. The number of carbonyl (C=O) groups is 2. The van der Waals surface area contributed by atoms with Crippen LogP contribution in [-0.4, -0.2) is 52.9 Å². The normalized spacial score (nSPS) is 16.6. The Hall–Kier alpha value is -2.96. The van der Waals surface area contributed by atoms with Gasteiger partial charge in [0.2, 0.25) is 11.8 Å². The summed E-state index contributed by atoms with van der Waals surface area (Å²) in [6.07, 6.45) is 2.87. The van der Waals surface area contributed by atoms with Gasteiger partial charge >= 0.3 is 0 Å². The molecule has 26 heavy (non-hydrogen) atoms. The van der Waals surface area contributed by atoms with Gasteiger partial charge in [-0.3, -0.25) is 9.59 Å². The molecule has 0 bridgehead atoms. The van der Waals surface area contributed by atoms with E-state index >= 15 is 0 Å². The first-order valence-corrected chi connectivity index (χ1v) is 8.66. The molecule has 0 spiro atoms. The molecule has 136 valence electrons. The van der Waals surface area contributed by atoms with Crippen molar-refractivity contribution in [2.75, 3.05) is 20.2 Å². The smallest absolute Gasteiger partial charge is 0.251 e. The van der Waals surface area contributed by atoms with Gasteiger partial charge in [0.15, 0.2) is 5.82 Å². The largest absolute Gasteiger partial charge is 0.481 e. The van der Waals surface area contributed by atoms with Gasteiger partial charge in [0.05, 0.1) is 13.2 Å². The zero-order valence-corrected chi connectivity index (χ0v) is 14.9. The fraction of sp³-hybridized carbons (Fsp3) is 0.368. The van der Waals surface area contributed by atoms with E-state index in [0.29, 0.717) is 30.2 Å². The monoisotopic (exact) mass is 354 g/mol. The molecule has 1 aromatic carbocycles. The van der Waals surface area contributed by atoms with E-state index in [1.807, 2.05) is 13.0 Å². The van der Waals surface area contributed by atoms with Gasteiger partial charge in [-0.25, -0.2) is 4.98 Å². The van der Waals surface area contributed by atoms with Crippen molar-refractivity contribution in [3.63, 3.8) is 0 Å². The number of rotatable bonds is 6. The molecule has 1 fully saturated rings. The molecule has 1 aliphatic heterocycles. The maximum atomic E-state index is 12.6. The highest BCUT2D eigenvalue weighted by Gasteiger charge is 2.30. The van der Waals surface area contributed by atoms with Gasteiger partial charge in [0.25, 0.3) is 5.91 Å². The Morgan fingerprint density at radius 2 is 2.23 bits per heavy atom. The van der Waals surface area contributed by atoms with Crippen LogP contribution in [-0.2, 0) is 4.79 Å². The number of hydrogen-bond donors (Lipinski definition) is 1. The third kappa shape index (κ3) is 3.99. The van der Waals surface area contributed by atoms with Gasteiger partial charge in [0.1, 0.15) is 0 Å². The first-order valence-electron chi connectivity index (χ1n) is 8.66. The van der Waals surface area contributed by atoms with Gasteiger partial charge in [-0.05, 0) is 18.6 Å². The molecule has 7 nitrogen and oxygen atoms in total. The van der Waals surface area contributed by atoms with Crippen molar-refractivity contribution in [1.29, 1.82) is 0 Å². The lowest BCUT2D eigenvalue weighted by atomic mass is 10.1. The van der Waals surface area contributed by atoms with E-state index in [1.54, 1.807) is 42.5 Å². The molecule has 1 N–H and O–H groups in total. The quantitative estimate of drug-likeness (QED) is 0.856. The summed E-state index contributed by atoms with van der Waals surface area (Å²) in [5.74, 6) is 0.844. The molecule has 1 aromatic heterocycles. The van der Waals surface area contributed by atoms with E-state index in [0.717, 1.165) is 18.5 Å². The Labute approximate surface area is 152 Å². The highest BCUT2D eigenvalue weighted by molar-refractivity contribution is 5.96. The molecule has 2 aromatic rings. The summed E-state index contributed by atoms with van der Waals surface area (Å²) in [5, 5.41) is 2.95. The Morgan fingerprint density at radius 3 is 3.00 bits per heavy atom. The molecule has 2 heterocycles. The third-order valence-corrected chi connectivity index (χ3v) is 4.27. The molecule has 1 atom stereocenters. The minimum atomic E-state index is -0.203. The summed E-state index contributed by atoms with van der Waals surface area (Å²) in [4.78, 5) is 34.8. The predicted molar refractivity (Wildman–Crippen MR) is 96.8 cm³/mol. The summed E-state index contributed by atoms with van der Waals surface area (Å²) < 4.78 is 5.12. The lowest BCUT2D eigenvalue weighted by Crippen LogP contribution is -2.37. The van der Waals surface area contributed by atoms with E-state index in [9.17, 15) is 9.59 Å².